The molecule has 0 radical (unpaired) electrons. The number of nitrogens with two attached hydrogens (primary N) is 1. The second kappa shape index (κ2) is 6.26. The Labute approximate surface area is 126 Å². The van der Waals surface area contributed by atoms with E-state index in [1.807, 2.05) is 6.92 Å². The summed E-state index contributed by atoms with van der Waals surface area (Å²) in [5, 5.41) is 0. The van der Waals surface area contributed by atoms with Crippen LogP contribution < -0.4 is 5.73 Å². The lowest BCUT2D eigenvalue weighted by Crippen LogP contribution is -2.36. The molecule has 0 spiro atoms. The molecule has 1 aliphatic rings. The fraction of sp³-hybridized carbons (Fsp3) is 0.429. The van der Waals surface area contributed by atoms with Crippen molar-refractivity contribution in [2.24, 2.45) is 0 Å². The van der Waals surface area contributed by atoms with Gasteiger partial charge in [-0.3, -0.25) is 4.79 Å². The molecule has 0 bridgehead atoms. The van der Waals surface area contributed by atoms with Gasteiger partial charge in [0, 0.05) is 22.7 Å². The second-order valence-electron chi connectivity index (χ2n) is 4.72. The van der Waals surface area contributed by atoms with Crippen molar-refractivity contribution in [3.8, 4) is 0 Å². The lowest BCUT2D eigenvalue weighted by atomic mass is 10.2. The molecule has 1 aliphatic carbocycles. The van der Waals surface area contributed by atoms with Gasteiger partial charge in [0.1, 0.15) is 0 Å². The zero-order valence-corrected chi connectivity index (χ0v) is 12.9. The maximum atomic E-state index is 11.9. The quantitative estimate of drug-likeness (QED) is 0.658. The maximum Gasteiger partial charge on any atom is 0.338 e. The lowest BCUT2D eigenvalue weighted by Gasteiger charge is -2.19. The number of carbonyl (C=O) groups excluding carboxylic acids is 2. The summed E-state index contributed by atoms with van der Waals surface area (Å²) in [5.41, 5.74) is 6.50. The first kappa shape index (κ1) is 14.8. The van der Waals surface area contributed by atoms with Crippen LogP contribution in [0.2, 0.25) is 0 Å². The van der Waals surface area contributed by atoms with E-state index in [2.05, 4.69) is 15.9 Å². The van der Waals surface area contributed by atoms with Gasteiger partial charge in [-0.25, -0.2) is 4.79 Å². The van der Waals surface area contributed by atoms with Crippen LogP contribution in [0.3, 0.4) is 0 Å². The van der Waals surface area contributed by atoms with Gasteiger partial charge < -0.3 is 15.4 Å². The Morgan fingerprint density at radius 3 is 2.70 bits per heavy atom. The Balaban J connectivity index is 1.91. The Hall–Kier alpha value is -1.56. The molecule has 20 heavy (non-hydrogen) atoms. The highest BCUT2D eigenvalue weighted by Gasteiger charge is 2.31. The predicted molar refractivity (Wildman–Crippen MR) is 79.2 cm³/mol. The number of anilines is 1. The zero-order chi connectivity index (χ0) is 14.7. The minimum Gasteiger partial charge on any atom is -0.452 e. The number of benzene rings is 1. The zero-order valence-electron chi connectivity index (χ0n) is 11.3. The lowest BCUT2D eigenvalue weighted by molar-refractivity contribution is -0.134. The largest absolute Gasteiger partial charge is 0.452 e. The van der Waals surface area contributed by atoms with Gasteiger partial charge >= 0.3 is 5.97 Å². The Morgan fingerprint density at radius 2 is 2.15 bits per heavy atom. The van der Waals surface area contributed by atoms with E-state index < -0.39 is 5.97 Å². The van der Waals surface area contributed by atoms with Crippen molar-refractivity contribution in [1.29, 1.82) is 0 Å². The molecule has 0 aromatic heterocycles. The van der Waals surface area contributed by atoms with E-state index in [1.165, 1.54) is 6.07 Å². The van der Waals surface area contributed by atoms with Crippen LogP contribution in [0.4, 0.5) is 5.69 Å². The molecule has 1 fully saturated rings. The third kappa shape index (κ3) is 3.50. The third-order valence-electron chi connectivity index (χ3n) is 3.21. The maximum absolute atomic E-state index is 11.9. The Bertz CT molecular complexity index is 529. The fourth-order valence-corrected chi connectivity index (χ4v) is 2.24. The average molecular weight is 341 g/mol. The van der Waals surface area contributed by atoms with Gasteiger partial charge in [-0.15, -0.1) is 0 Å². The molecular formula is C14H17BrN2O3. The van der Waals surface area contributed by atoms with Crippen molar-refractivity contribution in [2.75, 3.05) is 18.9 Å². The normalized spacial score (nSPS) is 13.9. The number of esters is 1. The van der Waals surface area contributed by atoms with Gasteiger partial charge in [-0.1, -0.05) is 0 Å². The monoisotopic (exact) mass is 340 g/mol. The van der Waals surface area contributed by atoms with E-state index in [0.29, 0.717) is 23.8 Å². The van der Waals surface area contributed by atoms with Crippen LogP contribution in [0.5, 0.6) is 0 Å². The summed E-state index contributed by atoms with van der Waals surface area (Å²) in [4.78, 5) is 25.5. The molecule has 6 heteroatoms. The number of carbonyl (C=O) groups is 2. The molecule has 1 aromatic rings. The highest BCUT2D eigenvalue weighted by atomic mass is 79.9. The number of nitrogen functional groups attached to an aromatic ring is 1. The summed E-state index contributed by atoms with van der Waals surface area (Å²) < 4.78 is 5.76. The number of amides is 1. The van der Waals surface area contributed by atoms with E-state index in [0.717, 1.165) is 17.3 Å². The van der Waals surface area contributed by atoms with Crippen LogP contribution in [0.25, 0.3) is 0 Å². The highest BCUT2D eigenvalue weighted by Crippen LogP contribution is 2.26. The molecule has 5 nitrogen and oxygen atoms in total. The van der Waals surface area contributed by atoms with Gasteiger partial charge in [0.2, 0.25) is 0 Å². The molecule has 0 heterocycles. The van der Waals surface area contributed by atoms with Crippen LogP contribution in [0.15, 0.2) is 22.7 Å². The predicted octanol–water partition coefficient (Wildman–Crippen LogP) is 2.20. The van der Waals surface area contributed by atoms with E-state index in [4.69, 9.17) is 10.5 Å². The second-order valence-corrected chi connectivity index (χ2v) is 5.58. The van der Waals surface area contributed by atoms with Crippen molar-refractivity contribution in [1.82, 2.24) is 4.90 Å². The van der Waals surface area contributed by atoms with Gasteiger partial charge in [0.25, 0.3) is 5.91 Å². The van der Waals surface area contributed by atoms with Crippen LogP contribution in [-0.4, -0.2) is 36.0 Å². The Morgan fingerprint density at radius 1 is 1.45 bits per heavy atom. The smallest absolute Gasteiger partial charge is 0.338 e. The summed E-state index contributed by atoms with van der Waals surface area (Å²) in [6, 6.07) is 5.13. The summed E-state index contributed by atoms with van der Waals surface area (Å²) in [5.74, 6) is -0.683. The molecule has 1 saturated carbocycles. The highest BCUT2D eigenvalue weighted by molar-refractivity contribution is 9.10. The van der Waals surface area contributed by atoms with Crippen molar-refractivity contribution in [3.05, 3.63) is 28.2 Å². The number of halogens is 1. The molecule has 0 aliphatic heterocycles. The van der Waals surface area contributed by atoms with Gasteiger partial charge in [-0.2, -0.15) is 0 Å². The minimum atomic E-state index is -0.538. The Kier molecular flexibility index (Phi) is 4.65. The summed E-state index contributed by atoms with van der Waals surface area (Å²) in [6.45, 7) is 2.35. The van der Waals surface area contributed by atoms with Gasteiger partial charge in [0.05, 0.1) is 5.56 Å². The molecule has 0 unspecified atom stereocenters. The van der Waals surface area contributed by atoms with E-state index in [9.17, 15) is 9.59 Å². The number of nitrogens with zero attached hydrogens (tertiary/aromatic N) is 1. The molecule has 0 saturated heterocycles. The third-order valence-corrected chi connectivity index (χ3v) is 3.93. The van der Waals surface area contributed by atoms with Crippen molar-refractivity contribution in [2.45, 2.75) is 25.8 Å². The summed E-state index contributed by atoms with van der Waals surface area (Å²) in [7, 11) is 0. The summed E-state index contributed by atoms with van der Waals surface area (Å²) >= 11 is 3.25. The number of likely N-dealkylation sites (N-methyl/N-ethyl adjacent to an activating group) is 1. The van der Waals surface area contributed by atoms with Crippen LogP contribution in [-0.2, 0) is 9.53 Å². The molecule has 1 amide bonds. The number of ether oxygens (including phenoxy) is 1. The topological polar surface area (TPSA) is 72.6 Å². The van der Waals surface area contributed by atoms with E-state index in [-0.39, 0.29) is 12.5 Å². The van der Waals surface area contributed by atoms with Crippen molar-refractivity contribution >= 4 is 33.5 Å². The minimum absolute atomic E-state index is 0.145. The number of hydrogen-bond acceptors (Lipinski definition) is 4. The summed E-state index contributed by atoms with van der Waals surface area (Å²) in [6.07, 6.45) is 2.08. The van der Waals surface area contributed by atoms with Crippen molar-refractivity contribution < 1.29 is 14.3 Å². The van der Waals surface area contributed by atoms with E-state index >= 15 is 0 Å². The molecule has 108 valence electrons. The van der Waals surface area contributed by atoms with E-state index in [1.54, 1.807) is 17.0 Å². The SMILES string of the molecule is CCN(C(=O)COC(=O)c1ccc(Br)c(N)c1)C1CC1. The van der Waals surface area contributed by atoms with Gasteiger partial charge in [0.15, 0.2) is 6.61 Å². The molecular weight excluding hydrogens is 324 g/mol. The molecule has 2 N–H and O–H groups in total. The molecule has 1 aromatic carbocycles. The van der Waals surface area contributed by atoms with Crippen LogP contribution >= 0.6 is 15.9 Å². The van der Waals surface area contributed by atoms with Crippen LogP contribution in [0.1, 0.15) is 30.1 Å². The molecule has 2 rings (SSSR count). The first-order valence-electron chi connectivity index (χ1n) is 6.54. The molecule has 0 atom stereocenters. The number of rotatable bonds is 5. The first-order chi connectivity index (χ1) is 9.52. The first-order valence-corrected chi connectivity index (χ1v) is 7.33. The fourth-order valence-electron chi connectivity index (χ4n) is 1.99. The van der Waals surface area contributed by atoms with Gasteiger partial charge in [-0.05, 0) is 53.9 Å². The standard InChI is InChI=1S/C14H17BrN2O3/c1-2-17(10-4-5-10)13(18)8-20-14(19)9-3-6-11(15)12(16)7-9/h3,6-7,10H,2,4-5,8,16H2,1H3. The number of hydrogen-bond donors (Lipinski definition) is 1. The van der Waals surface area contributed by atoms with Crippen LogP contribution in [0, 0.1) is 0 Å². The average Bonchev–Trinajstić information content (AvgIpc) is 3.24. The van der Waals surface area contributed by atoms with Crippen molar-refractivity contribution in [3.63, 3.8) is 0 Å².